The third-order valence-corrected chi connectivity index (χ3v) is 5.65. The van der Waals surface area contributed by atoms with Crippen LogP contribution in [0.4, 0.5) is 0 Å². The molecule has 0 bridgehead atoms. The Labute approximate surface area is 193 Å². The molecule has 27 heavy (non-hydrogen) atoms. The van der Waals surface area contributed by atoms with E-state index in [0.29, 0.717) is 37.1 Å². The highest BCUT2D eigenvalue weighted by Crippen LogP contribution is 2.34. The lowest BCUT2D eigenvalue weighted by Gasteiger charge is -2.19. The third-order valence-electron chi connectivity index (χ3n) is 5.65. The van der Waals surface area contributed by atoms with Gasteiger partial charge in [0.15, 0.2) is 0 Å². The predicted molar refractivity (Wildman–Crippen MR) is 131 cm³/mol. The number of unbranched alkanes of at least 4 members (excludes halogenated alkanes) is 1. The summed E-state index contributed by atoms with van der Waals surface area (Å²) in [5.74, 6) is 1.57. The van der Waals surface area contributed by atoms with Gasteiger partial charge in [-0.1, -0.05) is 33.6 Å². The number of ether oxygens (including phenoxy) is 4. The van der Waals surface area contributed by atoms with Gasteiger partial charge in [-0.2, -0.15) is 0 Å². The van der Waals surface area contributed by atoms with Crippen LogP contribution in [0.5, 0.6) is 0 Å². The highest BCUT2D eigenvalue weighted by atomic mass is 128. The van der Waals surface area contributed by atoms with E-state index in [0.717, 1.165) is 0 Å². The first-order valence-electron chi connectivity index (χ1n) is 9.90. The van der Waals surface area contributed by atoms with E-state index >= 15 is 0 Å². The highest BCUT2D eigenvalue weighted by molar-refractivity contribution is 15.0. The summed E-state index contributed by atoms with van der Waals surface area (Å²) in [6.07, 6.45) is 4.29. The molecule has 0 saturated carbocycles. The number of hydrogen-bond donors (Lipinski definition) is 0. The van der Waals surface area contributed by atoms with Gasteiger partial charge in [-0.15, -0.1) is 0 Å². The molecular formula is C19H36B2I2O4. The van der Waals surface area contributed by atoms with E-state index in [9.17, 15) is 0 Å². The van der Waals surface area contributed by atoms with E-state index in [1.54, 1.807) is 7.11 Å². The molecule has 2 rings (SSSR count). The van der Waals surface area contributed by atoms with Gasteiger partial charge in [0.25, 0.3) is 0 Å². The van der Waals surface area contributed by atoms with Crippen LogP contribution in [0.1, 0.15) is 53.9 Å². The Morgan fingerprint density at radius 1 is 0.889 bits per heavy atom. The standard InChI is InChI=1S/C10H19BO.C9H17BO3.I2/c1-4-5-6-9-7(2)8(3)12-10(9)11;1-6-7(2)13-9(10)8(6)12-5-4-11-3;1-2/h7-10H,4-6H2,1-3H3;6-9H,4-5H2,1-3H3;/t7?,8-,9-,10-;6?,7-,8-,9-;/m11./s1. The fourth-order valence-electron chi connectivity index (χ4n) is 3.52. The first-order chi connectivity index (χ1) is 12.8. The van der Waals surface area contributed by atoms with E-state index in [1.807, 2.05) is 6.92 Å². The molecule has 0 N–H and O–H groups in total. The molecule has 4 nitrogen and oxygen atoms in total. The van der Waals surface area contributed by atoms with E-state index in [2.05, 4.69) is 64.9 Å². The summed E-state index contributed by atoms with van der Waals surface area (Å²) in [6.45, 7) is 11.9. The lowest BCUT2D eigenvalue weighted by molar-refractivity contribution is -0.0107. The van der Waals surface area contributed by atoms with Crippen LogP contribution in [-0.2, 0) is 18.9 Å². The zero-order chi connectivity index (χ0) is 21.0. The Balaban J connectivity index is 0.000000460. The van der Waals surface area contributed by atoms with E-state index in [1.165, 1.54) is 19.3 Å². The monoisotopic (exact) mass is 604 g/mol. The Kier molecular flexibility index (Phi) is 17.0. The normalized spacial score (nSPS) is 37.9. The molecule has 0 aromatic carbocycles. The van der Waals surface area contributed by atoms with E-state index in [4.69, 9.17) is 34.6 Å². The zero-order valence-electron chi connectivity index (χ0n) is 17.7. The van der Waals surface area contributed by atoms with Crippen molar-refractivity contribution < 1.29 is 18.9 Å². The summed E-state index contributed by atoms with van der Waals surface area (Å²) in [6, 6.07) is -0.302. The Hall–Kier alpha value is 1.43. The second-order valence-electron chi connectivity index (χ2n) is 7.46. The van der Waals surface area contributed by atoms with Crippen molar-refractivity contribution in [3.63, 3.8) is 0 Å². The number of hydrogen-bond acceptors (Lipinski definition) is 4. The van der Waals surface area contributed by atoms with Crippen LogP contribution in [0.25, 0.3) is 0 Å². The molecular weight excluding hydrogens is 568 g/mol. The Bertz CT molecular complexity index is 369. The van der Waals surface area contributed by atoms with Gasteiger partial charge in [0.05, 0.1) is 31.5 Å². The minimum absolute atomic E-state index is 0.00477. The van der Waals surface area contributed by atoms with Gasteiger partial charge in [0.1, 0.15) is 15.7 Å². The van der Waals surface area contributed by atoms with Crippen LogP contribution >= 0.6 is 37.2 Å². The van der Waals surface area contributed by atoms with Crippen LogP contribution < -0.4 is 0 Å². The van der Waals surface area contributed by atoms with Crippen LogP contribution in [0.15, 0.2) is 0 Å². The lowest BCUT2D eigenvalue weighted by Crippen LogP contribution is -2.30. The van der Waals surface area contributed by atoms with Crippen molar-refractivity contribution >= 4 is 52.9 Å². The van der Waals surface area contributed by atoms with Crippen LogP contribution in [0.2, 0.25) is 0 Å². The van der Waals surface area contributed by atoms with Crippen molar-refractivity contribution in [2.75, 3.05) is 20.3 Å². The fraction of sp³-hybridized carbons (Fsp3) is 1.00. The molecule has 2 aliphatic heterocycles. The maximum Gasteiger partial charge on any atom is 0.112 e. The molecule has 2 heterocycles. The molecule has 2 fully saturated rings. The van der Waals surface area contributed by atoms with Crippen molar-refractivity contribution in [1.29, 1.82) is 0 Å². The maximum atomic E-state index is 5.88. The molecule has 8 heteroatoms. The van der Waals surface area contributed by atoms with Crippen molar-refractivity contribution in [2.24, 2.45) is 17.8 Å². The molecule has 0 amide bonds. The zero-order valence-corrected chi connectivity index (χ0v) is 22.0. The molecule has 0 spiro atoms. The topological polar surface area (TPSA) is 36.9 Å². The van der Waals surface area contributed by atoms with E-state index < -0.39 is 0 Å². The maximum absolute atomic E-state index is 5.88. The van der Waals surface area contributed by atoms with Gasteiger partial charge in [0.2, 0.25) is 0 Å². The van der Waals surface area contributed by atoms with Crippen molar-refractivity contribution in [1.82, 2.24) is 0 Å². The number of rotatable bonds is 7. The molecule has 4 radical (unpaired) electrons. The molecule has 2 aliphatic rings. The largest absolute Gasteiger partial charge is 0.384 e. The van der Waals surface area contributed by atoms with Gasteiger partial charge < -0.3 is 18.9 Å². The predicted octanol–water partition coefficient (Wildman–Crippen LogP) is 4.68. The second kappa shape index (κ2) is 16.2. The van der Waals surface area contributed by atoms with Crippen LogP contribution in [-0.4, -0.2) is 66.3 Å². The Morgan fingerprint density at radius 3 is 1.85 bits per heavy atom. The Morgan fingerprint density at radius 2 is 1.44 bits per heavy atom. The summed E-state index contributed by atoms with van der Waals surface area (Å²) in [7, 11) is 13.3. The first-order valence-corrected chi connectivity index (χ1v) is 16.2. The van der Waals surface area contributed by atoms with Gasteiger partial charge in [0, 0.05) is 62.3 Å². The van der Waals surface area contributed by atoms with Gasteiger partial charge >= 0.3 is 0 Å². The molecule has 0 aliphatic carbocycles. The van der Waals surface area contributed by atoms with Crippen molar-refractivity contribution in [3.05, 3.63) is 0 Å². The van der Waals surface area contributed by atoms with Crippen LogP contribution in [0, 0.1) is 17.8 Å². The highest BCUT2D eigenvalue weighted by Gasteiger charge is 2.37. The minimum Gasteiger partial charge on any atom is -0.384 e. The molecule has 0 aromatic rings. The summed E-state index contributed by atoms with van der Waals surface area (Å²) in [5, 5.41) is 0. The summed E-state index contributed by atoms with van der Waals surface area (Å²) in [5.41, 5.74) is 0. The second-order valence-corrected chi connectivity index (χ2v) is 7.46. The minimum atomic E-state index is -0.290. The van der Waals surface area contributed by atoms with Gasteiger partial charge in [-0.05, 0) is 32.1 Å². The van der Waals surface area contributed by atoms with Crippen molar-refractivity contribution in [3.8, 4) is 0 Å². The molecule has 8 atom stereocenters. The molecule has 0 aromatic heterocycles. The summed E-state index contributed by atoms with van der Waals surface area (Å²) in [4.78, 5) is 0. The SMILES string of the molecule is II.[B][C@@H]1O[C@H](C)C(C)[C@H]1CCCC.[B][C@@H]1O[C@H](C)C(C)[C@H]1OCCOC. The summed E-state index contributed by atoms with van der Waals surface area (Å²) >= 11 is 4.24. The smallest absolute Gasteiger partial charge is 0.112 e. The number of halogens is 2. The number of methoxy groups -OCH3 is 1. The summed E-state index contributed by atoms with van der Waals surface area (Å²) < 4.78 is 21.4. The molecule has 2 unspecified atom stereocenters. The molecule has 2 saturated heterocycles. The van der Waals surface area contributed by atoms with Gasteiger partial charge in [-0.25, -0.2) is 0 Å². The average Bonchev–Trinajstić information content (AvgIpc) is 3.04. The van der Waals surface area contributed by atoms with Crippen LogP contribution in [0.3, 0.4) is 0 Å². The van der Waals surface area contributed by atoms with Gasteiger partial charge in [-0.3, -0.25) is 0 Å². The first kappa shape index (κ1) is 28.4. The van der Waals surface area contributed by atoms with Crippen molar-refractivity contribution in [2.45, 2.75) is 84.2 Å². The third kappa shape index (κ3) is 9.85. The lowest BCUT2D eigenvalue weighted by atomic mass is 9.78. The molecule has 156 valence electrons. The average molecular weight is 604 g/mol. The van der Waals surface area contributed by atoms with E-state index in [-0.39, 0.29) is 24.2 Å². The quantitative estimate of drug-likeness (QED) is 0.241. The fourth-order valence-corrected chi connectivity index (χ4v) is 3.52.